The van der Waals surface area contributed by atoms with Crippen LogP contribution in [0, 0.1) is 19.3 Å². The molecule has 0 bridgehead atoms. The van der Waals surface area contributed by atoms with E-state index >= 15 is 0 Å². The van der Waals surface area contributed by atoms with E-state index in [0.717, 1.165) is 17.8 Å². The first-order valence-electron chi connectivity index (χ1n) is 8.60. The van der Waals surface area contributed by atoms with Crippen LogP contribution in [0.4, 0.5) is 0 Å². The van der Waals surface area contributed by atoms with Gasteiger partial charge in [-0.2, -0.15) is 4.68 Å². The molecule has 2 aliphatic heterocycles. The van der Waals surface area contributed by atoms with Crippen LogP contribution in [-0.2, 0) is 4.79 Å². The standard InChI is InChI=1S/C17H20N6O3/c1-10-7-11(2)20-16(19-10)23-13(24)8-12(21-23)14(25)22-6-4-17(9-22)3-5-18-15(17)26/h7-8,21H,3-6,9H2,1-2H3,(H,18,26). The normalized spacial score (nSPS) is 22.2. The topological polar surface area (TPSA) is 113 Å². The Kier molecular flexibility index (Phi) is 3.67. The predicted molar refractivity (Wildman–Crippen MR) is 92.0 cm³/mol. The number of nitrogens with zero attached hydrogens (tertiary/aromatic N) is 4. The minimum atomic E-state index is -0.477. The number of carbonyl (C=O) groups excluding carboxylic acids is 2. The molecular formula is C17H20N6O3. The van der Waals surface area contributed by atoms with E-state index in [4.69, 9.17) is 0 Å². The second-order valence-corrected chi connectivity index (χ2v) is 7.06. The smallest absolute Gasteiger partial charge is 0.274 e. The van der Waals surface area contributed by atoms with E-state index in [2.05, 4.69) is 20.4 Å². The van der Waals surface area contributed by atoms with Crippen molar-refractivity contribution < 1.29 is 9.59 Å². The quantitative estimate of drug-likeness (QED) is 0.782. The van der Waals surface area contributed by atoms with Crippen molar-refractivity contribution in [3.63, 3.8) is 0 Å². The molecule has 0 radical (unpaired) electrons. The molecule has 0 aliphatic carbocycles. The summed E-state index contributed by atoms with van der Waals surface area (Å²) < 4.78 is 1.17. The van der Waals surface area contributed by atoms with Gasteiger partial charge in [0.25, 0.3) is 17.4 Å². The summed E-state index contributed by atoms with van der Waals surface area (Å²) in [7, 11) is 0. The van der Waals surface area contributed by atoms with Crippen LogP contribution in [0.1, 0.15) is 34.7 Å². The van der Waals surface area contributed by atoms with Gasteiger partial charge in [-0.3, -0.25) is 19.5 Å². The minimum Gasteiger partial charge on any atom is -0.356 e. The Balaban J connectivity index is 1.60. The van der Waals surface area contributed by atoms with Crippen molar-refractivity contribution in [2.24, 2.45) is 5.41 Å². The van der Waals surface area contributed by atoms with E-state index in [0.29, 0.717) is 26.1 Å². The van der Waals surface area contributed by atoms with Crippen molar-refractivity contribution in [1.29, 1.82) is 0 Å². The summed E-state index contributed by atoms with van der Waals surface area (Å²) in [5.74, 6) is -0.0658. The van der Waals surface area contributed by atoms with Gasteiger partial charge in [0, 0.05) is 37.1 Å². The molecule has 1 atom stereocenters. The zero-order chi connectivity index (χ0) is 18.5. The number of aromatic amines is 1. The highest BCUT2D eigenvalue weighted by Gasteiger charge is 2.48. The molecule has 2 aromatic heterocycles. The highest BCUT2D eigenvalue weighted by molar-refractivity contribution is 5.94. The van der Waals surface area contributed by atoms with Crippen LogP contribution in [0.3, 0.4) is 0 Å². The Labute approximate surface area is 149 Å². The van der Waals surface area contributed by atoms with Crippen molar-refractivity contribution in [1.82, 2.24) is 30.0 Å². The van der Waals surface area contributed by atoms with E-state index in [1.54, 1.807) is 11.0 Å². The summed E-state index contributed by atoms with van der Waals surface area (Å²) in [5, 5.41) is 5.65. The molecule has 2 amide bonds. The molecule has 0 aromatic carbocycles. The maximum atomic E-state index is 12.8. The van der Waals surface area contributed by atoms with Gasteiger partial charge in [-0.05, 0) is 32.8 Å². The van der Waals surface area contributed by atoms with E-state index in [9.17, 15) is 14.4 Å². The number of hydrogen-bond acceptors (Lipinski definition) is 5. The highest BCUT2D eigenvalue weighted by Crippen LogP contribution is 2.37. The molecule has 9 heteroatoms. The fourth-order valence-electron chi connectivity index (χ4n) is 3.78. The lowest BCUT2D eigenvalue weighted by atomic mass is 9.86. The van der Waals surface area contributed by atoms with E-state index in [1.165, 1.54) is 10.7 Å². The van der Waals surface area contributed by atoms with E-state index in [1.807, 2.05) is 13.8 Å². The average Bonchev–Trinajstić information content (AvgIpc) is 3.27. The van der Waals surface area contributed by atoms with Crippen molar-refractivity contribution in [3.05, 3.63) is 39.6 Å². The summed E-state index contributed by atoms with van der Waals surface area (Å²) in [6.45, 7) is 5.16. The van der Waals surface area contributed by atoms with Gasteiger partial charge in [0.2, 0.25) is 5.91 Å². The molecular weight excluding hydrogens is 336 g/mol. The summed E-state index contributed by atoms with van der Waals surface area (Å²) >= 11 is 0. The molecule has 2 saturated heterocycles. The molecule has 9 nitrogen and oxygen atoms in total. The Morgan fingerprint density at radius 2 is 1.88 bits per heavy atom. The largest absolute Gasteiger partial charge is 0.356 e. The van der Waals surface area contributed by atoms with Crippen LogP contribution in [0.15, 0.2) is 16.9 Å². The number of rotatable bonds is 2. The number of aryl methyl sites for hydroxylation is 2. The number of nitrogens with one attached hydrogen (secondary N) is 2. The lowest BCUT2D eigenvalue weighted by Crippen LogP contribution is -2.36. The van der Waals surface area contributed by atoms with Crippen LogP contribution in [0.5, 0.6) is 0 Å². The summed E-state index contributed by atoms with van der Waals surface area (Å²) in [5.41, 5.74) is 0.764. The van der Waals surface area contributed by atoms with Crippen LogP contribution in [0.25, 0.3) is 5.95 Å². The minimum absolute atomic E-state index is 0.0162. The van der Waals surface area contributed by atoms with Gasteiger partial charge >= 0.3 is 0 Å². The molecule has 2 aromatic rings. The predicted octanol–water partition coefficient (Wildman–Crippen LogP) is -0.0754. The molecule has 2 aliphatic rings. The first-order chi connectivity index (χ1) is 12.4. The van der Waals surface area contributed by atoms with Gasteiger partial charge in [0.1, 0.15) is 5.69 Å². The first-order valence-corrected chi connectivity index (χ1v) is 8.60. The van der Waals surface area contributed by atoms with E-state index in [-0.39, 0.29) is 23.5 Å². The third-order valence-electron chi connectivity index (χ3n) is 5.13. The number of H-pyrrole nitrogens is 1. The number of carbonyl (C=O) groups is 2. The van der Waals surface area contributed by atoms with E-state index < -0.39 is 11.0 Å². The van der Waals surface area contributed by atoms with Gasteiger partial charge in [0.05, 0.1) is 5.41 Å². The van der Waals surface area contributed by atoms with Crippen molar-refractivity contribution >= 4 is 11.8 Å². The average molecular weight is 356 g/mol. The fourth-order valence-corrected chi connectivity index (χ4v) is 3.78. The lowest BCUT2D eigenvalue weighted by Gasteiger charge is -2.20. The monoisotopic (exact) mass is 356 g/mol. The third kappa shape index (κ3) is 2.59. The second-order valence-electron chi connectivity index (χ2n) is 7.06. The third-order valence-corrected chi connectivity index (χ3v) is 5.13. The second kappa shape index (κ2) is 5.79. The Morgan fingerprint density at radius 3 is 2.54 bits per heavy atom. The molecule has 136 valence electrons. The Hall–Kier alpha value is -2.97. The summed E-state index contributed by atoms with van der Waals surface area (Å²) in [6.07, 6.45) is 1.39. The van der Waals surface area contributed by atoms with Crippen LogP contribution in [-0.4, -0.2) is 56.1 Å². The summed E-state index contributed by atoms with van der Waals surface area (Å²) in [6, 6.07) is 3.06. The number of hydrogen-bond donors (Lipinski definition) is 2. The molecule has 2 fully saturated rings. The maximum Gasteiger partial charge on any atom is 0.274 e. The molecule has 4 heterocycles. The van der Waals surface area contributed by atoms with Crippen molar-refractivity contribution in [2.45, 2.75) is 26.7 Å². The number of amides is 2. The highest BCUT2D eigenvalue weighted by atomic mass is 16.2. The first kappa shape index (κ1) is 16.5. The zero-order valence-corrected chi connectivity index (χ0v) is 14.7. The molecule has 4 rings (SSSR count). The van der Waals surface area contributed by atoms with Crippen LogP contribution in [0.2, 0.25) is 0 Å². The Bertz CT molecular complexity index is 941. The maximum absolute atomic E-state index is 12.8. The van der Waals surface area contributed by atoms with Crippen molar-refractivity contribution in [3.8, 4) is 5.95 Å². The molecule has 2 N–H and O–H groups in total. The molecule has 1 spiro atoms. The SMILES string of the molecule is Cc1cc(C)nc(-n2[nH]c(C(=O)N3CCC4(CCNC4=O)C3)cc2=O)n1. The van der Waals surface area contributed by atoms with Gasteiger partial charge in [0.15, 0.2) is 0 Å². The Morgan fingerprint density at radius 1 is 1.15 bits per heavy atom. The van der Waals surface area contributed by atoms with Crippen LogP contribution >= 0.6 is 0 Å². The number of likely N-dealkylation sites (tertiary alicyclic amines) is 1. The van der Waals surface area contributed by atoms with Gasteiger partial charge < -0.3 is 10.2 Å². The summed E-state index contributed by atoms with van der Waals surface area (Å²) in [4.78, 5) is 47.3. The van der Waals surface area contributed by atoms with Gasteiger partial charge in [-0.25, -0.2) is 9.97 Å². The fraction of sp³-hybridized carbons (Fsp3) is 0.471. The molecule has 1 unspecified atom stereocenters. The van der Waals surface area contributed by atoms with Crippen LogP contribution < -0.4 is 10.9 Å². The van der Waals surface area contributed by atoms with Gasteiger partial charge in [-0.15, -0.1) is 0 Å². The molecule has 0 saturated carbocycles. The lowest BCUT2D eigenvalue weighted by molar-refractivity contribution is -0.126. The van der Waals surface area contributed by atoms with Crippen molar-refractivity contribution in [2.75, 3.05) is 19.6 Å². The zero-order valence-electron chi connectivity index (χ0n) is 14.7. The number of aromatic nitrogens is 4. The van der Waals surface area contributed by atoms with Gasteiger partial charge in [-0.1, -0.05) is 0 Å². The molecule has 26 heavy (non-hydrogen) atoms.